The Morgan fingerprint density at radius 2 is 2.00 bits per heavy atom. The molecule has 0 bridgehead atoms. The van der Waals surface area contributed by atoms with Crippen molar-refractivity contribution in [2.45, 2.75) is 13.5 Å². The normalized spacial score (nSPS) is 15.1. The molecule has 1 aromatic heterocycles. The van der Waals surface area contributed by atoms with E-state index in [1.54, 1.807) is 6.07 Å². The quantitative estimate of drug-likeness (QED) is 0.652. The Morgan fingerprint density at radius 1 is 1.18 bits per heavy atom. The van der Waals surface area contributed by atoms with Crippen molar-refractivity contribution in [3.63, 3.8) is 0 Å². The van der Waals surface area contributed by atoms with E-state index < -0.39 is 0 Å². The van der Waals surface area contributed by atoms with Gasteiger partial charge in [-0.1, -0.05) is 29.8 Å². The lowest BCUT2D eigenvalue weighted by Gasteiger charge is -2.26. The number of hydrogen-bond acceptors (Lipinski definition) is 8. The third-order valence-electron chi connectivity index (χ3n) is 4.39. The van der Waals surface area contributed by atoms with Crippen LogP contribution < -0.4 is 9.64 Å². The first-order chi connectivity index (χ1) is 13.6. The fourth-order valence-corrected chi connectivity index (χ4v) is 2.84. The van der Waals surface area contributed by atoms with Crippen LogP contribution in [-0.2, 0) is 11.3 Å². The molecule has 0 aliphatic carbocycles. The summed E-state index contributed by atoms with van der Waals surface area (Å²) in [5.74, 6) is 1.23. The fraction of sp³-hybridized carbons (Fsp3) is 0.500. The van der Waals surface area contributed by atoms with Gasteiger partial charge in [0.2, 0.25) is 0 Å². The van der Waals surface area contributed by atoms with Crippen molar-refractivity contribution in [3.8, 4) is 6.01 Å². The molecule has 1 saturated heterocycles. The standard InChI is InChI=1S/C20H28N6O2/c1-16-5-4-6-17(13-16)15-21-24-18-14-19(25(2)3)23-20(22-18)28-12-9-26-7-10-27-11-8-26/h4-6,13-14H,7-12,15H2,1-3H3. The molecule has 0 amide bonds. The van der Waals surface area contributed by atoms with Crippen molar-refractivity contribution in [1.82, 2.24) is 14.9 Å². The Bertz CT molecular complexity index is 790. The fourth-order valence-electron chi connectivity index (χ4n) is 2.84. The SMILES string of the molecule is Cc1cccc(CN=Nc2cc(N(C)C)nc(OCCN3CCOCC3)n2)c1. The van der Waals surface area contributed by atoms with E-state index in [1.807, 2.05) is 31.1 Å². The zero-order valence-corrected chi connectivity index (χ0v) is 16.8. The predicted octanol–water partition coefficient (Wildman–Crippen LogP) is 2.85. The predicted molar refractivity (Wildman–Crippen MR) is 109 cm³/mol. The van der Waals surface area contributed by atoms with Crippen LogP contribution in [0.4, 0.5) is 11.6 Å². The highest BCUT2D eigenvalue weighted by molar-refractivity contribution is 5.46. The molecule has 1 aliphatic rings. The van der Waals surface area contributed by atoms with Crippen LogP contribution in [0.25, 0.3) is 0 Å². The molecular formula is C20H28N6O2. The number of morpholine rings is 1. The molecule has 28 heavy (non-hydrogen) atoms. The maximum absolute atomic E-state index is 5.79. The van der Waals surface area contributed by atoms with E-state index in [0.717, 1.165) is 44.2 Å². The van der Waals surface area contributed by atoms with E-state index in [2.05, 4.69) is 44.2 Å². The van der Waals surface area contributed by atoms with Gasteiger partial charge in [-0.25, -0.2) is 0 Å². The Labute approximate surface area is 166 Å². The number of ether oxygens (including phenoxy) is 2. The van der Waals surface area contributed by atoms with Gasteiger partial charge in [0.1, 0.15) is 12.4 Å². The first kappa shape index (κ1) is 20.2. The van der Waals surface area contributed by atoms with Crippen LogP contribution in [0.3, 0.4) is 0 Å². The van der Waals surface area contributed by atoms with Crippen molar-refractivity contribution in [1.29, 1.82) is 0 Å². The van der Waals surface area contributed by atoms with Gasteiger partial charge in [0, 0.05) is 39.8 Å². The van der Waals surface area contributed by atoms with Gasteiger partial charge in [-0.05, 0) is 12.5 Å². The second-order valence-corrected chi connectivity index (χ2v) is 6.95. The number of nitrogens with zero attached hydrogens (tertiary/aromatic N) is 6. The van der Waals surface area contributed by atoms with Crippen LogP contribution in [0.5, 0.6) is 6.01 Å². The molecule has 2 aromatic rings. The molecule has 8 nitrogen and oxygen atoms in total. The maximum atomic E-state index is 5.79. The minimum Gasteiger partial charge on any atom is -0.462 e. The van der Waals surface area contributed by atoms with Crippen molar-refractivity contribution in [3.05, 3.63) is 41.5 Å². The number of benzene rings is 1. The molecule has 1 fully saturated rings. The highest BCUT2D eigenvalue weighted by atomic mass is 16.5. The number of rotatable bonds is 8. The molecule has 1 aliphatic heterocycles. The molecule has 0 radical (unpaired) electrons. The second-order valence-electron chi connectivity index (χ2n) is 6.95. The van der Waals surface area contributed by atoms with Crippen LogP contribution >= 0.6 is 0 Å². The summed E-state index contributed by atoms with van der Waals surface area (Å²) in [5.41, 5.74) is 2.33. The number of hydrogen-bond donors (Lipinski definition) is 0. The van der Waals surface area contributed by atoms with E-state index >= 15 is 0 Å². The van der Waals surface area contributed by atoms with Crippen molar-refractivity contribution < 1.29 is 9.47 Å². The summed E-state index contributed by atoms with van der Waals surface area (Å²) in [5, 5.41) is 8.56. The molecule has 0 atom stereocenters. The number of azo groups is 1. The van der Waals surface area contributed by atoms with Crippen LogP contribution in [0, 0.1) is 6.92 Å². The Kier molecular flexibility index (Phi) is 7.27. The zero-order valence-electron chi connectivity index (χ0n) is 16.8. The molecule has 0 spiro atoms. The maximum Gasteiger partial charge on any atom is 0.320 e. The largest absolute Gasteiger partial charge is 0.462 e. The molecule has 3 rings (SSSR count). The summed E-state index contributed by atoms with van der Waals surface area (Å²) in [6.45, 7) is 7.34. The van der Waals surface area contributed by atoms with Gasteiger partial charge >= 0.3 is 6.01 Å². The summed E-state index contributed by atoms with van der Waals surface area (Å²) in [4.78, 5) is 13.0. The smallest absolute Gasteiger partial charge is 0.320 e. The minimum absolute atomic E-state index is 0.323. The molecule has 0 N–H and O–H groups in total. The van der Waals surface area contributed by atoms with Crippen LogP contribution in [-0.4, -0.2) is 68.4 Å². The summed E-state index contributed by atoms with van der Waals surface area (Å²) in [6.07, 6.45) is 0. The lowest BCUT2D eigenvalue weighted by molar-refractivity contribution is 0.0317. The lowest BCUT2D eigenvalue weighted by atomic mass is 10.1. The number of aryl methyl sites for hydroxylation is 1. The first-order valence-electron chi connectivity index (χ1n) is 9.52. The van der Waals surface area contributed by atoms with Crippen molar-refractivity contribution in [2.75, 3.05) is 58.5 Å². The van der Waals surface area contributed by atoms with E-state index in [1.165, 1.54) is 5.56 Å². The van der Waals surface area contributed by atoms with E-state index in [4.69, 9.17) is 9.47 Å². The molecule has 150 valence electrons. The molecule has 2 heterocycles. The van der Waals surface area contributed by atoms with Crippen LogP contribution in [0.2, 0.25) is 0 Å². The monoisotopic (exact) mass is 384 g/mol. The van der Waals surface area contributed by atoms with Crippen LogP contribution in [0.15, 0.2) is 40.6 Å². The van der Waals surface area contributed by atoms with E-state index in [0.29, 0.717) is 25.0 Å². The van der Waals surface area contributed by atoms with E-state index in [9.17, 15) is 0 Å². The first-order valence-corrected chi connectivity index (χ1v) is 9.52. The van der Waals surface area contributed by atoms with Gasteiger partial charge in [0.05, 0.1) is 19.8 Å². The highest BCUT2D eigenvalue weighted by Crippen LogP contribution is 2.20. The Hall–Kier alpha value is -2.58. The van der Waals surface area contributed by atoms with Gasteiger partial charge in [-0.2, -0.15) is 15.1 Å². The molecule has 1 aromatic carbocycles. The third-order valence-corrected chi connectivity index (χ3v) is 4.39. The van der Waals surface area contributed by atoms with Gasteiger partial charge in [0.25, 0.3) is 0 Å². The molecule has 0 saturated carbocycles. The van der Waals surface area contributed by atoms with Crippen LogP contribution in [0.1, 0.15) is 11.1 Å². The Balaban J connectivity index is 1.62. The molecule has 8 heteroatoms. The summed E-state index contributed by atoms with van der Waals surface area (Å²) >= 11 is 0. The third kappa shape index (κ3) is 6.24. The van der Waals surface area contributed by atoms with Crippen molar-refractivity contribution >= 4 is 11.6 Å². The van der Waals surface area contributed by atoms with Gasteiger partial charge < -0.3 is 14.4 Å². The van der Waals surface area contributed by atoms with E-state index in [-0.39, 0.29) is 0 Å². The zero-order chi connectivity index (χ0) is 19.8. The average Bonchev–Trinajstić information content (AvgIpc) is 2.69. The minimum atomic E-state index is 0.323. The number of aromatic nitrogens is 2. The van der Waals surface area contributed by atoms with Gasteiger partial charge in [-0.15, -0.1) is 5.11 Å². The summed E-state index contributed by atoms with van der Waals surface area (Å²) in [6, 6.07) is 10.4. The molecule has 0 unspecified atom stereocenters. The van der Waals surface area contributed by atoms with Gasteiger partial charge in [-0.3, -0.25) is 4.90 Å². The number of anilines is 1. The lowest BCUT2D eigenvalue weighted by Crippen LogP contribution is -2.38. The summed E-state index contributed by atoms with van der Waals surface area (Å²) in [7, 11) is 3.85. The molecular weight excluding hydrogens is 356 g/mol. The van der Waals surface area contributed by atoms with Gasteiger partial charge in [0.15, 0.2) is 5.82 Å². The Morgan fingerprint density at radius 3 is 2.75 bits per heavy atom. The highest BCUT2D eigenvalue weighted by Gasteiger charge is 2.11. The van der Waals surface area contributed by atoms with Crippen molar-refractivity contribution in [2.24, 2.45) is 10.2 Å². The average molecular weight is 384 g/mol. The second kappa shape index (κ2) is 10.1. The summed E-state index contributed by atoms with van der Waals surface area (Å²) < 4.78 is 11.2. The topological polar surface area (TPSA) is 75.4 Å².